The molecule has 2 aromatic rings. The van der Waals surface area contributed by atoms with E-state index >= 15 is 4.20 Å². The van der Waals surface area contributed by atoms with Gasteiger partial charge in [-0.1, -0.05) is 67.5 Å². The first-order valence-electron chi connectivity index (χ1n) is 10.7. The highest BCUT2D eigenvalue weighted by Crippen LogP contribution is 2.84. The topological polar surface area (TPSA) is 18.5 Å². The van der Waals surface area contributed by atoms with Gasteiger partial charge in [-0.25, -0.2) is 0 Å². The van der Waals surface area contributed by atoms with Crippen molar-refractivity contribution in [2.75, 3.05) is 0 Å². The van der Waals surface area contributed by atoms with Crippen LogP contribution in [0.3, 0.4) is 0 Å². The summed E-state index contributed by atoms with van der Waals surface area (Å²) in [7, 11) is -3.60. The number of hydrogen-bond donors (Lipinski definition) is 0. The summed E-state index contributed by atoms with van der Waals surface area (Å²) in [6.07, 6.45) is 1.83. The summed E-state index contributed by atoms with van der Waals surface area (Å²) in [5.74, 6) is 1.42. The van der Waals surface area contributed by atoms with Crippen LogP contribution >= 0.6 is 8.03 Å². The van der Waals surface area contributed by atoms with E-state index in [4.69, 9.17) is 9.05 Å². The number of hydrogen-bond acceptors (Lipinski definition) is 2. The Morgan fingerprint density at radius 3 is 1.45 bits per heavy atom. The zero-order valence-corrected chi connectivity index (χ0v) is 19.8. The standard InChI is InChI=1S/C25H33FO2P/c1-9-15-11-17-21(19(13-15)24(3,4)5)27-29(26)23(17)18-12-16(10-2)14-20(22(18)28-29)25(6,7)8/h11-14,23H,9-10H2,1-8H3/q+1. The van der Waals surface area contributed by atoms with Crippen LogP contribution in [0, 0.1) is 0 Å². The number of aryl methyl sites for hydroxylation is 2. The Hall–Kier alpha value is -1.60. The van der Waals surface area contributed by atoms with Crippen molar-refractivity contribution in [1.29, 1.82) is 0 Å². The van der Waals surface area contributed by atoms with Crippen LogP contribution in [-0.4, -0.2) is 0 Å². The molecule has 4 rings (SSSR count). The van der Waals surface area contributed by atoms with Crippen molar-refractivity contribution in [3.8, 4) is 11.5 Å². The van der Waals surface area contributed by atoms with Crippen molar-refractivity contribution in [3.05, 3.63) is 57.6 Å². The third kappa shape index (κ3) is 3.17. The maximum Gasteiger partial charge on any atom is 0.561 e. The van der Waals surface area contributed by atoms with E-state index in [1.165, 1.54) is 11.1 Å². The summed E-state index contributed by atoms with van der Waals surface area (Å²) in [5, 5.41) is 0. The largest absolute Gasteiger partial charge is 0.561 e. The number of benzene rings is 2. The molecule has 0 fully saturated rings. The van der Waals surface area contributed by atoms with Gasteiger partial charge in [-0.15, -0.1) is 0 Å². The molecular weight excluding hydrogens is 382 g/mol. The van der Waals surface area contributed by atoms with Gasteiger partial charge in [0.05, 0.1) is 11.1 Å². The Kier molecular flexibility index (Phi) is 4.59. The van der Waals surface area contributed by atoms with Crippen molar-refractivity contribution in [2.24, 2.45) is 0 Å². The minimum absolute atomic E-state index is 0.126. The molecule has 2 aromatic carbocycles. The van der Waals surface area contributed by atoms with E-state index in [1.807, 2.05) is 0 Å². The van der Waals surface area contributed by atoms with Crippen LogP contribution in [0.1, 0.15) is 94.4 Å². The average Bonchev–Trinajstić information content (AvgIpc) is 3.06. The highest BCUT2D eigenvalue weighted by molar-refractivity contribution is 7.63. The van der Waals surface area contributed by atoms with Gasteiger partial charge >= 0.3 is 8.03 Å². The van der Waals surface area contributed by atoms with Gasteiger partial charge in [0.15, 0.2) is 11.5 Å². The molecule has 0 amide bonds. The number of rotatable bonds is 2. The fourth-order valence-corrected chi connectivity index (χ4v) is 6.63. The second-order valence-corrected chi connectivity index (χ2v) is 12.4. The predicted molar refractivity (Wildman–Crippen MR) is 120 cm³/mol. The second kappa shape index (κ2) is 6.45. The summed E-state index contributed by atoms with van der Waals surface area (Å²) < 4.78 is 28.6. The number of halogens is 1. The predicted octanol–water partition coefficient (Wildman–Crippen LogP) is 8.01. The Balaban J connectivity index is 1.99. The molecule has 0 aliphatic carbocycles. The molecule has 2 aliphatic heterocycles. The fraction of sp³-hybridized carbons (Fsp3) is 0.520. The smallest absolute Gasteiger partial charge is 0.273 e. The molecule has 4 heteroatoms. The van der Waals surface area contributed by atoms with Crippen molar-refractivity contribution in [3.63, 3.8) is 0 Å². The minimum Gasteiger partial charge on any atom is -0.273 e. The summed E-state index contributed by atoms with van der Waals surface area (Å²) in [6, 6.07) is 8.64. The molecule has 0 saturated heterocycles. The Bertz CT molecular complexity index is 906. The molecular formula is C25H33FO2P+. The van der Waals surface area contributed by atoms with E-state index in [1.54, 1.807) is 0 Å². The van der Waals surface area contributed by atoms with Crippen molar-refractivity contribution >= 4 is 8.03 Å². The van der Waals surface area contributed by atoms with Crippen LogP contribution in [-0.2, 0) is 23.7 Å². The highest BCUT2D eigenvalue weighted by atomic mass is 31.2. The highest BCUT2D eigenvalue weighted by Gasteiger charge is 2.70. The Labute approximate surface area is 175 Å². The van der Waals surface area contributed by atoms with Gasteiger partial charge in [0.25, 0.3) is 0 Å². The molecule has 156 valence electrons. The molecule has 2 heterocycles. The molecule has 2 nitrogen and oxygen atoms in total. The van der Waals surface area contributed by atoms with Gasteiger partial charge in [0, 0.05) is 15.3 Å². The molecule has 0 spiro atoms. The first kappa shape index (κ1) is 20.7. The lowest BCUT2D eigenvalue weighted by Gasteiger charge is -2.23. The summed E-state index contributed by atoms with van der Waals surface area (Å²) >= 11 is 0. The summed E-state index contributed by atoms with van der Waals surface area (Å²) in [5.41, 5.74) is 5.85. The van der Waals surface area contributed by atoms with Gasteiger partial charge in [-0.3, -0.25) is 9.05 Å². The monoisotopic (exact) mass is 415 g/mol. The molecule has 0 bridgehead atoms. The Morgan fingerprint density at radius 2 is 1.14 bits per heavy atom. The van der Waals surface area contributed by atoms with Crippen molar-refractivity contribution < 1.29 is 13.2 Å². The molecule has 2 aliphatic rings. The van der Waals surface area contributed by atoms with Gasteiger partial charge < -0.3 is 0 Å². The third-order valence-corrected chi connectivity index (χ3v) is 8.15. The lowest BCUT2D eigenvalue weighted by Crippen LogP contribution is -2.15. The molecule has 0 saturated carbocycles. The normalized spacial score (nSPS) is 22.6. The van der Waals surface area contributed by atoms with Gasteiger partial charge in [0.2, 0.25) is 5.66 Å². The molecule has 0 atom stereocenters. The van der Waals surface area contributed by atoms with E-state index in [2.05, 4.69) is 79.7 Å². The van der Waals surface area contributed by atoms with Gasteiger partial charge in [-0.05, 0) is 46.9 Å². The molecule has 0 unspecified atom stereocenters. The van der Waals surface area contributed by atoms with Crippen LogP contribution in [0.5, 0.6) is 11.5 Å². The van der Waals surface area contributed by atoms with E-state index in [0.29, 0.717) is 11.5 Å². The fourth-order valence-electron chi connectivity index (χ4n) is 4.43. The van der Waals surface area contributed by atoms with Crippen LogP contribution in [0.2, 0.25) is 0 Å². The maximum atomic E-state index is 16.4. The summed E-state index contributed by atoms with van der Waals surface area (Å²) in [4.78, 5) is 0. The first-order valence-corrected chi connectivity index (χ1v) is 12.3. The lowest BCUT2D eigenvalue weighted by atomic mass is 9.81. The van der Waals surface area contributed by atoms with E-state index < -0.39 is 13.7 Å². The van der Waals surface area contributed by atoms with Crippen molar-refractivity contribution in [2.45, 2.75) is 84.7 Å². The average molecular weight is 416 g/mol. The molecule has 29 heavy (non-hydrogen) atoms. The summed E-state index contributed by atoms with van der Waals surface area (Å²) in [6.45, 7) is 17.2. The van der Waals surface area contributed by atoms with Crippen LogP contribution < -0.4 is 9.05 Å². The van der Waals surface area contributed by atoms with Crippen LogP contribution in [0.25, 0.3) is 0 Å². The van der Waals surface area contributed by atoms with Gasteiger partial charge in [-0.2, -0.15) is 0 Å². The molecule has 0 radical (unpaired) electrons. The van der Waals surface area contributed by atoms with Gasteiger partial charge in [0.1, 0.15) is 0 Å². The van der Waals surface area contributed by atoms with E-state index in [-0.39, 0.29) is 10.8 Å². The zero-order chi connectivity index (χ0) is 21.4. The number of fused-ring (bicyclic) bond motifs is 5. The van der Waals surface area contributed by atoms with Crippen LogP contribution in [0.15, 0.2) is 24.3 Å². The quantitative estimate of drug-likeness (QED) is 0.462. The van der Waals surface area contributed by atoms with Crippen molar-refractivity contribution in [1.82, 2.24) is 0 Å². The third-order valence-electron chi connectivity index (χ3n) is 6.12. The van der Waals surface area contributed by atoms with E-state index in [0.717, 1.165) is 35.1 Å². The van der Waals surface area contributed by atoms with E-state index in [9.17, 15) is 0 Å². The SMILES string of the molecule is CCc1cc2c(c(C(C)(C)C)c1)O[P+]1(F)Oc3c(cc(CC)cc3C(C)(C)C)C21. The lowest BCUT2D eigenvalue weighted by molar-refractivity contribution is 0.413. The minimum atomic E-state index is -3.60. The van der Waals surface area contributed by atoms with Crippen LogP contribution in [0.4, 0.5) is 4.20 Å². The first-order chi connectivity index (χ1) is 13.4. The Morgan fingerprint density at radius 1 is 0.759 bits per heavy atom. The second-order valence-electron chi connectivity index (χ2n) is 10.4. The molecule has 0 N–H and O–H groups in total. The molecule has 0 aromatic heterocycles. The maximum absolute atomic E-state index is 16.4. The zero-order valence-electron chi connectivity index (χ0n) is 18.9.